The Kier molecular flexibility index (Phi) is 4.58. The molecule has 0 bridgehead atoms. The second kappa shape index (κ2) is 6.82. The standard InChI is InChI=1S/C18H15N3O3S/c1-3-9-21-17(23)14(16(22)19-18(21)25)10-13-11(2)24-20-15(13)12-7-5-4-6-8-12/h3-8,10H,1,9H2,2H3,(H,19,22,25). The van der Waals surface area contributed by atoms with Crippen molar-refractivity contribution in [1.82, 2.24) is 15.4 Å². The van der Waals surface area contributed by atoms with Gasteiger partial charge in [-0.25, -0.2) is 0 Å². The largest absolute Gasteiger partial charge is 0.360 e. The molecule has 1 aromatic heterocycles. The quantitative estimate of drug-likeness (QED) is 0.395. The molecule has 0 unspecified atom stereocenters. The predicted octanol–water partition coefficient (Wildman–Crippen LogP) is 2.46. The molecule has 2 amide bonds. The summed E-state index contributed by atoms with van der Waals surface area (Å²) in [7, 11) is 0. The molecule has 6 nitrogen and oxygen atoms in total. The van der Waals surface area contributed by atoms with Crippen LogP contribution in [0.2, 0.25) is 0 Å². The number of amides is 2. The lowest BCUT2D eigenvalue weighted by Gasteiger charge is -2.27. The molecule has 1 aliphatic heterocycles. The van der Waals surface area contributed by atoms with E-state index < -0.39 is 11.8 Å². The van der Waals surface area contributed by atoms with E-state index in [4.69, 9.17) is 16.7 Å². The number of rotatable bonds is 4. The second-order valence-electron chi connectivity index (χ2n) is 5.39. The maximum atomic E-state index is 12.6. The lowest BCUT2D eigenvalue weighted by molar-refractivity contribution is -0.128. The molecule has 0 atom stereocenters. The highest BCUT2D eigenvalue weighted by molar-refractivity contribution is 7.80. The molecule has 1 N–H and O–H groups in total. The van der Waals surface area contributed by atoms with Crippen LogP contribution in [0.3, 0.4) is 0 Å². The van der Waals surface area contributed by atoms with E-state index in [1.807, 2.05) is 30.3 Å². The van der Waals surface area contributed by atoms with E-state index in [-0.39, 0.29) is 17.2 Å². The molecule has 1 aromatic carbocycles. The van der Waals surface area contributed by atoms with Gasteiger partial charge in [-0.3, -0.25) is 19.8 Å². The zero-order valence-electron chi connectivity index (χ0n) is 13.5. The molecule has 1 fully saturated rings. The van der Waals surface area contributed by atoms with Crippen molar-refractivity contribution in [2.75, 3.05) is 6.54 Å². The molecule has 0 radical (unpaired) electrons. The van der Waals surface area contributed by atoms with E-state index >= 15 is 0 Å². The summed E-state index contributed by atoms with van der Waals surface area (Å²) >= 11 is 5.04. The van der Waals surface area contributed by atoms with E-state index in [9.17, 15) is 9.59 Å². The van der Waals surface area contributed by atoms with E-state index in [1.54, 1.807) is 13.0 Å². The number of aromatic nitrogens is 1. The number of carbonyl (C=O) groups is 2. The summed E-state index contributed by atoms with van der Waals surface area (Å²) in [5.74, 6) is -0.515. The Bertz CT molecular complexity index is 900. The summed E-state index contributed by atoms with van der Waals surface area (Å²) in [5.41, 5.74) is 1.94. The molecule has 1 saturated heterocycles. The van der Waals surface area contributed by atoms with Crippen LogP contribution >= 0.6 is 12.2 Å². The Morgan fingerprint density at radius 3 is 2.72 bits per heavy atom. The molecule has 7 heteroatoms. The number of hydrogen-bond donors (Lipinski definition) is 1. The van der Waals surface area contributed by atoms with Crippen LogP contribution in [0, 0.1) is 6.92 Å². The zero-order chi connectivity index (χ0) is 18.0. The van der Waals surface area contributed by atoms with Crippen molar-refractivity contribution in [3.8, 4) is 11.3 Å². The first kappa shape index (κ1) is 16.8. The first-order valence-electron chi connectivity index (χ1n) is 7.54. The molecular weight excluding hydrogens is 338 g/mol. The second-order valence-corrected chi connectivity index (χ2v) is 5.78. The fourth-order valence-electron chi connectivity index (χ4n) is 2.49. The lowest BCUT2D eigenvalue weighted by Crippen LogP contribution is -2.53. The molecule has 0 aliphatic carbocycles. The Hall–Kier alpha value is -3.06. The van der Waals surface area contributed by atoms with Gasteiger partial charge in [-0.1, -0.05) is 41.6 Å². The number of hydrogen-bond acceptors (Lipinski definition) is 5. The maximum absolute atomic E-state index is 12.6. The van der Waals surface area contributed by atoms with Crippen molar-refractivity contribution in [2.45, 2.75) is 6.92 Å². The molecule has 2 aromatic rings. The van der Waals surface area contributed by atoms with Gasteiger partial charge in [0.15, 0.2) is 5.11 Å². The molecular formula is C18H15N3O3S. The minimum absolute atomic E-state index is 0.0288. The summed E-state index contributed by atoms with van der Waals surface area (Å²) in [6, 6.07) is 9.39. The summed E-state index contributed by atoms with van der Waals surface area (Å²) in [5, 5.41) is 6.64. The third-order valence-corrected chi connectivity index (χ3v) is 4.06. The van der Waals surface area contributed by atoms with E-state index in [2.05, 4.69) is 17.1 Å². The first-order valence-corrected chi connectivity index (χ1v) is 7.95. The topological polar surface area (TPSA) is 75.4 Å². The molecule has 0 spiro atoms. The maximum Gasteiger partial charge on any atom is 0.265 e. The number of aryl methyl sites for hydroxylation is 1. The lowest BCUT2D eigenvalue weighted by atomic mass is 10.0. The summed E-state index contributed by atoms with van der Waals surface area (Å²) < 4.78 is 5.26. The Morgan fingerprint density at radius 1 is 1.32 bits per heavy atom. The van der Waals surface area contributed by atoms with Gasteiger partial charge in [0.25, 0.3) is 11.8 Å². The number of benzene rings is 1. The highest BCUT2D eigenvalue weighted by Gasteiger charge is 2.33. The van der Waals surface area contributed by atoms with Crippen LogP contribution in [0.5, 0.6) is 0 Å². The number of carbonyl (C=O) groups excluding carboxylic acids is 2. The van der Waals surface area contributed by atoms with Crippen LogP contribution in [-0.4, -0.2) is 33.5 Å². The average Bonchev–Trinajstić information content (AvgIpc) is 2.97. The fourth-order valence-corrected chi connectivity index (χ4v) is 2.74. The zero-order valence-corrected chi connectivity index (χ0v) is 14.3. The van der Waals surface area contributed by atoms with Crippen molar-refractivity contribution in [3.05, 3.63) is 59.9 Å². The third-order valence-electron chi connectivity index (χ3n) is 3.74. The van der Waals surface area contributed by atoms with Crippen LogP contribution in [0.4, 0.5) is 0 Å². The normalized spacial score (nSPS) is 16.3. The highest BCUT2D eigenvalue weighted by atomic mass is 32.1. The van der Waals surface area contributed by atoms with Gasteiger partial charge in [-0.05, 0) is 25.2 Å². The van der Waals surface area contributed by atoms with Crippen molar-refractivity contribution < 1.29 is 14.1 Å². The van der Waals surface area contributed by atoms with Crippen LogP contribution in [0.15, 0.2) is 53.1 Å². The third kappa shape index (κ3) is 3.14. The summed E-state index contributed by atoms with van der Waals surface area (Å²) in [6.45, 7) is 5.54. The van der Waals surface area contributed by atoms with Gasteiger partial charge in [0.1, 0.15) is 17.0 Å². The van der Waals surface area contributed by atoms with Gasteiger partial charge >= 0.3 is 0 Å². The van der Waals surface area contributed by atoms with Gasteiger partial charge < -0.3 is 4.52 Å². The van der Waals surface area contributed by atoms with Gasteiger partial charge in [-0.15, -0.1) is 6.58 Å². The smallest absolute Gasteiger partial charge is 0.265 e. The van der Waals surface area contributed by atoms with Gasteiger partial charge in [-0.2, -0.15) is 0 Å². The van der Waals surface area contributed by atoms with Gasteiger partial charge in [0.05, 0.1) is 0 Å². The molecule has 2 heterocycles. The number of nitrogens with one attached hydrogen (secondary N) is 1. The van der Waals surface area contributed by atoms with E-state index in [0.29, 0.717) is 17.0 Å². The van der Waals surface area contributed by atoms with Gasteiger partial charge in [0.2, 0.25) is 0 Å². The van der Waals surface area contributed by atoms with Crippen molar-refractivity contribution in [3.63, 3.8) is 0 Å². The predicted molar refractivity (Wildman–Crippen MR) is 97.3 cm³/mol. The number of nitrogens with zero attached hydrogens (tertiary/aromatic N) is 2. The summed E-state index contributed by atoms with van der Waals surface area (Å²) in [6.07, 6.45) is 3.03. The monoisotopic (exact) mass is 353 g/mol. The Morgan fingerprint density at radius 2 is 2.04 bits per heavy atom. The van der Waals surface area contributed by atoms with Crippen molar-refractivity contribution >= 4 is 35.2 Å². The average molecular weight is 353 g/mol. The molecule has 0 saturated carbocycles. The molecule has 126 valence electrons. The molecule has 3 rings (SSSR count). The van der Waals surface area contributed by atoms with E-state index in [1.165, 1.54) is 11.0 Å². The Labute approximate surface area is 149 Å². The first-order chi connectivity index (χ1) is 12.0. The highest BCUT2D eigenvalue weighted by Crippen LogP contribution is 2.28. The van der Waals surface area contributed by atoms with E-state index in [0.717, 1.165) is 5.56 Å². The molecule has 1 aliphatic rings. The van der Waals surface area contributed by atoms with Crippen molar-refractivity contribution in [2.24, 2.45) is 0 Å². The fraction of sp³-hybridized carbons (Fsp3) is 0.111. The Balaban J connectivity index is 2.07. The summed E-state index contributed by atoms with van der Waals surface area (Å²) in [4.78, 5) is 26.2. The molecule has 25 heavy (non-hydrogen) atoms. The minimum atomic E-state index is -0.546. The van der Waals surface area contributed by atoms with Crippen molar-refractivity contribution in [1.29, 1.82) is 0 Å². The van der Waals surface area contributed by atoms with Gasteiger partial charge in [0, 0.05) is 17.7 Å². The van der Waals surface area contributed by atoms with Crippen LogP contribution < -0.4 is 5.32 Å². The van der Waals surface area contributed by atoms with Crippen LogP contribution in [-0.2, 0) is 9.59 Å². The van der Waals surface area contributed by atoms with Crippen LogP contribution in [0.25, 0.3) is 17.3 Å². The SMILES string of the molecule is C=CCN1C(=O)C(=Cc2c(-c3ccccc3)noc2C)C(=O)NC1=S. The van der Waals surface area contributed by atoms with Crippen LogP contribution in [0.1, 0.15) is 11.3 Å². The number of thiocarbonyl (C=S) groups is 1. The minimum Gasteiger partial charge on any atom is -0.360 e.